The first-order valence-electron chi connectivity index (χ1n) is 17.7. The highest BCUT2D eigenvalue weighted by molar-refractivity contribution is 7.99. The van der Waals surface area contributed by atoms with E-state index in [9.17, 15) is 26.3 Å². The summed E-state index contributed by atoms with van der Waals surface area (Å²) in [4.78, 5) is 23.5. The van der Waals surface area contributed by atoms with Gasteiger partial charge in [-0.15, -0.1) is 0 Å². The van der Waals surface area contributed by atoms with Crippen molar-refractivity contribution in [2.75, 3.05) is 24.7 Å². The maximum Gasteiger partial charge on any atom is 0.449 e. The second-order valence-corrected chi connectivity index (χ2v) is 16.9. The Morgan fingerprint density at radius 1 is 0.680 bits per heavy atom. The Labute approximate surface area is 290 Å². The number of ether oxygens (including phenoxy) is 5. The van der Waals surface area contributed by atoms with Crippen molar-refractivity contribution < 1.29 is 69.6 Å². The molecule has 6 saturated heterocycles. The summed E-state index contributed by atoms with van der Waals surface area (Å²) in [6.45, 7) is 7.03. The molecule has 0 N–H and O–H groups in total. The third-order valence-electron chi connectivity index (χ3n) is 12.7. The van der Waals surface area contributed by atoms with Crippen LogP contribution in [0.4, 0.5) is 26.3 Å². The molecule has 10 rings (SSSR count). The van der Waals surface area contributed by atoms with Crippen LogP contribution in [0.2, 0.25) is 0 Å². The Kier molecular flexibility index (Phi) is 8.67. The third-order valence-corrected chi connectivity index (χ3v) is 13.7. The van der Waals surface area contributed by atoms with Gasteiger partial charge in [0.2, 0.25) is 35.7 Å². The number of alkyl halides is 6. The van der Waals surface area contributed by atoms with E-state index in [0.717, 1.165) is 0 Å². The maximum absolute atomic E-state index is 14.5. The molecule has 0 aromatic rings. The van der Waals surface area contributed by atoms with E-state index < -0.39 is 71.1 Å². The first-order valence-corrected chi connectivity index (χ1v) is 18.8. The highest BCUT2D eigenvalue weighted by atomic mass is 32.2. The summed E-state index contributed by atoms with van der Waals surface area (Å²) in [5, 5.41) is 0. The number of hydrogen-bond donors (Lipinski definition) is 0. The first kappa shape index (κ1) is 35.7. The fourth-order valence-electron chi connectivity index (χ4n) is 10.3. The third kappa shape index (κ3) is 5.46. The quantitative estimate of drug-likeness (QED) is 0.146. The Morgan fingerprint density at radius 3 is 1.66 bits per heavy atom. The topological polar surface area (TPSA) is 83.1 Å². The first-order chi connectivity index (χ1) is 23.5. The van der Waals surface area contributed by atoms with Gasteiger partial charge in [-0.25, -0.2) is 19.6 Å². The van der Waals surface area contributed by atoms with Gasteiger partial charge in [-0.3, -0.25) is 0 Å². The SMILES string of the molecule is C[C@@H]1CC[C@H]2C(COCCSCC3=C(C(F)(F)F)O[C@@H]4O[C@@]5(C)CC[C@H]6[C@H](C)CC[C@@H]3[C@@]46OO5)=C(C(F)(F)F)O[C@@H]3O[C@@]4(C)CC[C@@H]1[C@]32OO4. The molecular formula is C34H44F6O9S. The second kappa shape index (κ2) is 12.1. The minimum absolute atomic E-state index is 0.0110. The highest BCUT2D eigenvalue weighted by Crippen LogP contribution is 2.63. The zero-order valence-electron chi connectivity index (χ0n) is 28.5. The van der Waals surface area contributed by atoms with E-state index in [0.29, 0.717) is 51.4 Å². The number of thioether (sulfide) groups is 1. The van der Waals surface area contributed by atoms with Crippen molar-refractivity contribution in [2.45, 2.75) is 127 Å². The van der Waals surface area contributed by atoms with E-state index in [2.05, 4.69) is 13.8 Å². The number of hydrogen-bond acceptors (Lipinski definition) is 10. The van der Waals surface area contributed by atoms with Crippen LogP contribution in [0, 0.1) is 35.5 Å². The molecule has 282 valence electrons. The average Bonchev–Trinajstić information content (AvgIpc) is 3.41. The lowest BCUT2D eigenvalue weighted by molar-refractivity contribution is -0.558. The van der Waals surface area contributed by atoms with Crippen LogP contribution in [-0.2, 0) is 43.2 Å². The van der Waals surface area contributed by atoms with Crippen LogP contribution in [0.3, 0.4) is 0 Å². The smallest absolute Gasteiger partial charge is 0.449 e. The normalized spacial score (nSPS) is 46.8. The van der Waals surface area contributed by atoms with Crippen molar-refractivity contribution in [3.63, 3.8) is 0 Å². The van der Waals surface area contributed by atoms with E-state index in [1.54, 1.807) is 13.8 Å². The van der Waals surface area contributed by atoms with Crippen molar-refractivity contribution in [3.8, 4) is 0 Å². The van der Waals surface area contributed by atoms with E-state index in [1.807, 2.05) is 0 Å². The van der Waals surface area contributed by atoms with Gasteiger partial charge in [-0.05, 0) is 69.8 Å². The van der Waals surface area contributed by atoms with Gasteiger partial charge >= 0.3 is 12.4 Å². The van der Waals surface area contributed by atoms with Crippen LogP contribution in [0.15, 0.2) is 22.7 Å². The van der Waals surface area contributed by atoms with Crippen molar-refractivity contribution in [1.82, 2.24) is 0 Å². The van der Waals surface area contributed by atoms with Gasteiger partial charge in [0, 0.05) is 53.6 Å². The molecule has 8 aliphatic heterocycles. The zero-order chi connectivity index (χ0) is 35.5. The molecule has 0 aromatic carbocycles. The molecule has 10 aliphatic rings. The lowest BCUT2D eigenvalue weighted by atomic mass is 9.59. The standard InChI is InChI=1S/C34H44F6O9S/c1-17-5-7-23-19(25(33(35,36)37)42-27-31(23)21(17)9-11-29(3,44-27)46-48-31)15-41-13-14-50-16-20-24-8-6-18(2)22-10-12-30(4)45-28(32(22,24)49-47-30)43-26(20)34(38,39)40/h17-18,21-24,27-28H,5-16H2,1-4H3/t17-,18-,21+,22+,23+,24+,27-,28-,29-,30-,31-,32-/m1/s1. The predicted octanol–water partition coefficient (Wildman–Crippen LogP) is 7.86. The molecule has 12 atom stereocenters. The van der Waals surface area contributed by atoms with Crippen LogP contribution in [0.1, 0.15) is 79.1 Å². The van der Waals surface area contributed by atoms with E-state index in [1.165, 1.54) is 11.8 Å². The van der Waals surface area contributed by atoms with Crippen molar-refractivity contribution in [1.29, 1.82) is 0 Å². The molecule has 0 aromatic heterocycles. The van der Waals surface area contributed by atoms with Gasteiger partial charge in [0.25, 0.3) is 0 Å². The molecule has 50 heavy (non-hydrogen) atoms. The van der Waals surface area contributed by atoms with Crippen LogP contribution < -0.4 is 0 Å². The number of fused-ring (bicyclic) bond motifs is 4. The summed E-state index contributed by atoms with van der Waals surface area (Å²) in [5.41, 5.74) is -2.45. The fourth-order valence-corrected chi connectivity index (χ4v) is 11.2. The van der Waals surface area contributed by atoms with Crippen LogP contribution in [0.25, 0.3) is 0 Å². The summed E-state index contributed by atoms with van der Waals surface area (Å²) >= 11 is 1.20. The lowest BCUT2D eigenvalue weighted by Crippen LogP contribution is -2.67. The highest BCUT2D eigenvalue weighted by Gasteiger charge is 2.71. The van der Waals surface area contributed by atoms with Crippen molar-refractivity contribution in [3.05, 3.63) is 22.7 Å². The average molecular weight is 743 g/mol. The van der Waals surface area contributed by atoms with Crippen LogP contribution in [0.5, 0.6) is 0 Å². The molecule has 8 fully saturated rings. The van der Waals surface area contributed by atoms with E-state index >= 15 is 0 Å². The molecule has 0 amide bonds. The molecule has 2 aliphatic carbocycles. The molecule has 0 radical (unpaired) electrons. The van der Waals surface area contributed by atoms with Gasteiger partial charge in [0.15, 0.2) is 11.2 Å². The molecule has 9 nitrogen and oxygen atoms in total. The molecule has 2 saturated carbocycles. The molecule has 8 heterocycles. The summed E-state index contributed by atoms with van der Waals surface area (Å²) in [7, 11) is 0. The Morgan fingerprint density at radius 2 is 1.16 bits per heavy atom. The minimum Gasteiger partial charge on any atom is -0.456 e. The van der Waals surface area contributed by atoms with Gasteiger partial charge < -0.3 is 23.7 Å². The van der Waals surface area contributed by atoms with Gasteiger partial charge in [-0.1, -0.05) is 13.8 Å². The molecule has 4 bridgehead atoms. The number of rotatable bonds is 7. The summed E-state index contributed by atoms with van der Waals surface area (Å²) in [5.74, 6) is -5.79. The summed E-state index contributed by atoms with van der Waals surface area (Å²) < 4.78 is 116. The van der Waals surface area contributed by atoms with Crippen molar-refractivity contribution in [2.24, 2.45) is 35.5 Å². The number of halogens is 6. The second-order valence-electron chi connectivity index (χ2n) is 15.8. The Bertz CT molecular complexity index is 1320. The fraction of sp³-hybridized carbons (Fsp3) is 0.882. The minimum atomic E-state index is -4.80. The molecule has 16 heteroatoms. The Hall–Kier alpha value is -1.27. The van der Waals surface area contributed by atoms with E-state index in [-0.39, 0.29) is 59.5 Å². The number of allylic oxidation sites excluding steroid dienone is 2. The summed E-state index contributed by atoms with van der Waals surface area (Å²) in [6.07, 6.45) is -7.65. The lowest BCUT2D eigenvalue weighted by Gasteiger charge is -2.57. The maximum atomic E-state index is 14.5. The van der Waals surface area contributed by atoms with Gasteiger partial charge in [0.05, 0.1) is 13.2 Å². The molecular weight excluding hydrogens is 698 g/mol. The van der Waals surface area contributed by atoms with Gasteiger partial charge in [-0.2, -0.15) is 38.1 Å². The zero-order valence-corrected chi connectivity index (χ0v) is 29.3. The van der Waals surface area contributed by atoms with Crippen LogP contribution >= 0.6 is 11.8 Å². The van der Waals surface area contributed by atoms with E-state index in [4.69, 9.17) is 43.2 Å². The molecule has 2 spiro atoms. The van der Waals surface area contributed by atoms with Gasteiger partial charge in [0.1, 0.15) is 0 Å². The monoisotopic (exact) mass is 742 g/mol. The molecule has 0 unspecified atom stereocenters. The summed E-state index contributed by atoms with van der Waals surface area (Å²) in [6, 6.07) is 0. The van der Waals surface area contributed by atoms with Crippen LogP contribution in [-0.4, -0.2) is 72.4 Å². The Balaban J connectivity index is 0.987. The van der Waals surface area contributed by atoms with Crippen molar-refractivity contribution >= 4 is 11.8 Å². The largest absolute Gasteiger partial charge is 0.456 e. The predicted molar refractivity (Wildman–Crippen MR) is 162 cm³/mol.